The van der Waals surface area contributed by atoms with E-state index in [2.05, 4.69) is 9.97 Å². The van der Waals surface area contributed by atoms with E-state index >= 15 is 0 Å². The first kappa shape index (κ1) is 13.8. The Balaban J connectivity index is 2.60. The second-order valence-electron chi connectivity index (χ2n) is 4.01. The van der Waals surface area contributed by atoms with Gasteiger partial charge in [-0.1, -0.05) is 18.5 Å². The lowest BCUT2D eigenvalue weighted by molar-refractivity contribution is 0.447. The Morgan fingerprint density at radius 3 is 2.16 bits per heavy atom. The van der Waals surface area contributed by atoms with Crippen LogP contribution in [0.25, 0.3) is 11.4 Å². The Kier molecular flexibility index (Phi) is 3.75. The van der Waals surface area contributed by atoms with Crippen LogP contribution in [-0.2, 0) is 6.42 Å². The van der Waals surface area contributed by atoms with Crippen molar-refractivity contribution in [2.45, 2.75) is 20.3 Å². The number of nitrogens with zero attached hydrogens (tertiary/aromatic N) is 2. The first-order chi connectivity index (χ1) is 8.93. The van der Waals surface area contributed by atoms with Crippen molar-refractivity contribution in [3.63, 3.8) is 0 Å². The van der Waals surface area contributed by atoms with E-state index < -0.39 is 17.5 Å². The summed E-state index contributed by atoms with van der Waals surface area (Å²) in [6.07, 6.45) is 0.650. The second-order valence-corrected chi connectivity index (χ2v) is 4.37. The van der Waals surface area contributed by atoms with Crippen molar-refractivity contribution in [1.82, 2.24) is 9.97 Å². The standard InChI is InChI=1S/C13H10ClF3N2/c1-3-8-6(2)18-13(19-12(8)14)7-4-9(15)11(17)10(16)5-7/h4-5H,3H2,1-2H3. The molecule has 1 heterocycles. The topological polar surface area (TPSA) is 25.8 Å². The summed E-state index contributed by atoms with van der Waals surface area (Å²) in [5.74, 6) is -4.02. The summed E-state index contributed by atoms with van der Waals surface area (Å²) in [6, 6.07) is 1.68. The quantitative estimate of drug-likeness (QED) is 0.614. The number of aryl methyl sites for hydroxylation is 1. The summed E-state index contributed by atoms with van der Waals surface area (Å²) >= 11 is 5.98. The van der Waals surface area contributed by atoms with Gasteiger partial charge in [0.25, 0.3) is 0 Å². The van der Waals surface area contributed by atoms with E-state index in [1.807, 2.05) is 6.92 Å². The fourth-order valence-corrected chi connectivity index (χ4v) is 2.13. The number of benzene rings is 1. The molecule has 0 bridgehead atoms. The molecule has 0 unspecified atom stereocenters. The number of hydrogen-bond donors (Lipinski definition) is 0. The molecule has 0 atom stereocenters. The summed E-state index contributed by atoms with van der Waals surface area (Å²) in [7, 11) is 0. The van der Waals surface area contributed by atoms with Crippen molar-refractivity contribution >= 4 is 11.6 Å². The predicted molar refractivity (Wildman–Crippen MR) is 66.5 cm³/mol. The molecule has 1 aromatic carbocycles. The first-order valence-corrected chi connectivity index (χ1v) is 5.99. The molecule has 0 fully saturated rings. The molecular formula is C13H10ClF3N2. The van der Waals surface area contributed by atoms with Crippen molar-refractivity contribution in [3.05, 3.63) is 46.0 Å². The van der Waals surface area contributed by atoms with Gasteiger partial charge in [0, 0.05) is 16.8 Å². The van der Waals surface area contributed by atoms with Gasteiger partial charge in [-0.3, -0.25) is 0 Å². The molecule has 0 aliphatic rings. The molecule has 0 aliphatic heterocycles. The number of halogens is 4. The van der Waals surface area contributed by atoms with Gasteiger partial charge in [0.15, 0.2) is 23.3 Å². The fraction of sp³-hybridized carbons (Fsp3) is 0.231. The largest absolute Gasteiger partial charge is 0.233 e. The highest BCUT2D eigenvalue weighted by Crippen LogP contribution is 2.25. The van der Waals surface area contributed by atoms with Gasteiger partial charge in [-0.05, 0) is 25.5 Å². The minimum absolute atomic E-state index is 0.0454. The SMILES string of the molecule is CCc1c(C)nc(-c2cc(F)c(F)c(F)c2)nc1Cl. The van der Waals surface area contributed by atoms with E-state index in [1.165, 1.54) is 0 Å². The van der Waals surface area contributed by atoms with Crippen molar-refractivity contribution in [2.75, 3.05) is 0 Å². The highest BCUT2D eigenvalue weighted by Gasteiger charge is 2.15. The van der Waals surface area contributed by atoms with E-state index in [0.29, 0.717) is 12.1 Å². The maximum absolute atomic E-state index is 13.2. The van der Waals surface area contributed by atoms with Crippen molar-refractivity contribution in [2.24, 2.45) is 0 Å². The third-order valence-electron chi connectivity index (χ3n) is 2.76. The molecule has 100 valence electrons. The lowest BCUT2D eigenvalue weighted by Crippen LogP contribution is -2.01. The average molecular weight is 287 g/mol. The van der Waals surface area contributed by atoms with Gasteiger partial charge in [0.05, 0.1) is 0 Å². The second kappa shape index (κ2) is 5.17. The molecule has 2 rings (SSSR count). The Hall–Kier alpha value is -1.62. The van der Waals surface area contributed by atoms with Crippen LogP contribution in [0.15, 0.2) is 12.1 Å². The zero-order valence-corrected chi connectivity index (χ0v) is 11.0. The maximum atomic E-state index is 13.2. The number of aromatic nitrogens is 2. The monoisotopic (exact) mass is 286 g/mol. The van der Waals surface area contributed by atoms with Gasteiger partial charge in [0.1, 0.15) is 5.15 Å². The van der Waals surface area contributed by atoms with Crippen LogP contribution in [-0.4, -0.2) is 9.97 Å². The summed E-state index contributed by atoms with van der Waals surface area (Å²) < 4.78 is 39.2. The van der Waals surface area contributed by atoms with Crippen molar-refractivity contribution in [3.8, 4) is 11.4 Å². The van der Waals surface area contributed by atoms with Crippen LogP contribution in [0.1, 0.15) is 18.2 Å². The molecule has 0 amide bonds. The molecule has 0 N–H and O–H groups in total. The molecule has 0 saturated carbocycles. The van der Waals surface area contributed by atoms with E-state index in [0.717, 1.165) is 17.7 Å². The van der Waals surface area contributed by atoms with E-state index in [1.54, 1.807) is 6.92 Å². The van der Waals surface area contributed by atoms with E-state index in [9.17, 15) is 13.2 Å². The predicted octanol–water partition coefficient (Wildman–Crippen LogP) is 4.09. The molecular weight excluding hydrogens is 277 g/mol. The highest BCUT2D eigenvalue weighted by atomic mass is 35.5. The van der Waals surface area contributed by atoms with Crippen LogP contribution in [0, 0.1) is 24.4 Å². The molecule has 0 aliphatic carbocycles. The van der Waals surface area contributed by atoms with Crippen molar-refractivity contribution < 1.29 is 13.2 Å². The van der Waals surface area contributed by atoms with Crippen LogP contribution in [0.3, 0.4) is 0 Å². The third-order valence-corrected chi connectivity index (χ3v) is 3.07. The summed E-state index contributed by atoms with van der Waals surface area (Å²) in [5.41, 5.74) is 1.44. The van der Waals surface area contributed by atoms with Gasteiger partial charge in [-0.15, -0.1) is 0 Å². The lowest BCUT2D eigenvalue weighted by Gasteiger charge is -2.08. The number of rotatable bonds is 2. The smallest absolute Gasteiger partial charge is 0.194 e. The summed E-state index contributed by atoms with van der Waals surface area (Å²) in [4.78, 5) is 8.12. The zero-order valence-electron chi connectivity index (χ0n) is 10.3. The summed E-state index contributed by atoms with van der Waals surface area (Å²) in [5, 5.41) is 0.232. The van der Waals surface area contributed by atoms with Crippen LogP contribution < -0.4 is 0 Å². The molecule has 2 aromatic rings. The first-order valence-electron chi connectivity index (χ1n) is 5.62. The molecule has 0 radical (unpaired) electrons. The highest BCUT2D eigenvalue weighted by molar-refractivity contribution is 6.30. The van der Waals surface area contributed by atoms with Gasteiger partial charge >= 0.3 is 0 Å². The number of hydrogen-bond acceptors (Lipinski definition) is 2. The van der Waals surface area contributed by atoms with Gasteiger partial charge in [-0.2, -0.15) is 0 Å². The minimum Gasteiger partial charge on any atom is -0.233 e. The normalized spacial score (nSPS) is 10.8. The Morgan fingerprint density at radius 2 is 1.68 bits per heavy atom. The van der Waals surface area contributed by atoms with Gasteiger partial charge in [-0.25, -0.2) is 23.1 Å². The van der Waals surface area contributed by atoms with Crippen LogP contribution in [0.5, 0.6) is 0 Å². The average Bonchev–Trinajstić information content (AvgIpc) is 2.35. The molecule has 2 nitrogen and oxygen atoms in total. The third kappa shape index (κ3) is 2.56. The fourth-order valence-electron chi connectivity index (χ4n) is 1.78. The Labute approximate surface area is 113 Å². The van der Waals surface area contributed by atoms with E-state index in [-0.39, 0.29) is 16.5 Å². The molecule has 0 spiro atoms. The zero-order chi connectivity index (χ0) is 14.2. The Morgan fingerprint density at radius 1 is 1.11 bits per heavy atom. The van der Waals surface area contributed by atoms with Crippen molar-refractivity contribution in [1.29, 1.82) is 0 Å². The molecule has 19 heavy (non-hydrogen) atoms. The van der Waals surface area contributed by atoms with Gasteiger partial charge in [0.2, 0.25) is 0 Å². The molecule has 0 saturated heterocycles. The summed E-state index contributed by atoms with van der Waals surface area (Å²) in [6.45, 7) is 3.63. The van der Waals surface area contributed by atoms with Crippen LogP contribution >= 0.6 is 11.6 Å². The Bertz CT molecular complexity index is 598. The molecule has 6 heteroatoms. The molecule has 1 aromatic heterocycles. The van der Waals surface area contributed by atoms with Gasteiger partial charge < -0.3 is 0 Å². The maximum Gasteiger partial charge on any atom is 0.194 e. The minimum atomic E-state index is -1.52. The van der Waals surface area contributed by atoms with Crippen LogP contribution in [0.4, 0.5) is 13.2 Å². The van der Waals surface area contributed by atoms with Crippen LogP contribution in [0.2, 0.25) is 5.15 Å². The van der Waals surface area contributed by atoms with E-state index in [4.69, 9.17) is 11.6 Å². The lowest BCUT2D eigenvalue weighted by atomic mass is 10.1.